The number of hydrogen-bond acceptors (Lipinski definition) is 3. The van der Waals surface area contributed by atoms with Crippen molar-refractivity contribution in [2.45, 2.75) is 39.3 Å². The van der Waals surface area contributed by atoms with E-state index in [0.717, 1.165) is 24.2 Å². The molecule has 106 valence electrons. The van der Waals surface area contributed by atoms with Crippen molar-refractivity contribution in [3.05, 3.63) is 29.8 Å². The van der Waals surface area contributed by atoms with Gasteiger partial charge in [-0.25, -0.2) is 0 Å². The van der Waals surface area contributed by atoms with Gasteiger partial charge in [-0.15, -0.1) is 0 Å². The van der Waals surface area contributed by atoms with E-state index >= 15 is 0 Å². The lowest BCUT2D eigenvalue weighted by molar-refractivity contribution is -0.133. The summed E-state index contributed by atoms with van der Waals surface area (Å²) < 4.78 is 5.12. The van der Waals surface area contributed by atoms with Gasteiger partial charge in [-0.2, -0.15) is 0 Å². The first-order chi connectivity index (χ1) is 9.12. The lowest BCUT2D eigenvalue weighted by atomic mass is 10.1. The molecule has 0 spiro atoms. The van der Waals surface area contributed by atoms with Crippen molar-refractivity contribution >= 4 is 5.91 Å². The van der Waals surface area contributed by atoms with Crippen molar-refractivity contribution < 1.29 is 9.53 Å². The molecule has 4 nitrogen and oxygen atoms in total. The summed E-state index contributed by atoms with van der Waals surface area (Å²) in [4.78, 5) is 14.0. The molecule has 1 rings (SSSR count). The van der Waals surface area contributed by atoms with E-state index in [0.29, 0.717) is 13.1 Å². The molecule has 0 aromatic heterocycles. The second-order valence-electron chi connectivity index (χ2n) is 4.60. The number of likely N-dealkylation sites (N-methyl/N-ethyl adjacent to an activating group) is 1. The lowest BCUT2D eigenvalue weighted by Gasteiger charge is -2.24. The van der Waals surface area contributed by atoms with E-state index in [9.17, 15) is 4.79 Å². The van der Waals surface area contributed by atoms with Crippen molar-refractivity contribution in [1.82, 2.24) is 4.90 Å². The van der Waals surface area contributed by atoms with Crippen molar-refractivity contribution in [2.75, 3.05) is 13.7 Å². The molecule has 1 aromatic rings. The van der Waals surface area contributed by atoms with Crippen molar-refractivity contribution in [2.24, 2.45) is 5.73 Å². The van der Waals surface area contributed by atoms with Crippen LogP contribution in [0, 0.1) is 0 Å². The number of ether oxygens (including phenoxy) is 1. The Hall–Kier alpha value is -1.55. The number of nitrogens with two attached hydrogens (primary N) is 1. The Kier molecular flexibility index (Phi) is 6.36. The van der Waals surface area contributed by atoms with E-state index in [1.807, 2.05) is 38.1 Å². The van der Waals surface area contributed by atoms with Crippen molar-refractivity contribution in [3.8, 4) is 5.75 Å². The highest BCUT2D eigenvalue weighted by Gasteiger charge is 2.19. The third-order valence-corrected chi connectivity index (χ3v) is 3.14. The average Bonchev–Trinajstić information content (AvgIpc) is 2.45. The first kappa shape index (κ1) is 15.5. The normalized spacial score (nSPS) is 12.0. The summed E-state index contributed by atoms with van der Waals surface area (Å²) in [5.74, 6) is 0.848. The van der Waals surface area contributed by atoms with Gasteiger partial charge in [0, 0.05) is 13.1 Å². The minimum atomic E-state index is -0.386. The van der Waals surface area contributed by atoms with Gasteiger partial charge in [0.25, 0.3) is 0 Å². The minimum Gasteiger partial charge on any atom is -0.497 e. The third kappa shape index (κ3) is 4.56. The van der Waals surface area contributed by atoms with Crippen LogP contribution in [-0.2, 0) is 11.3 Å². The average molecular weight is 264 g/mol. The fourth-order valence-corrected chi connectivity index (χ4v) is 1.97. The Balaban J connectivity index is 2.67. The number of carbonyl (C=O) groups excluding carboxylic acids is 1. The maximum absolute atomic E-state index is 12.2. The summed E-state index contributed by atoms with van der Waals surface area (Å²) in [5.41, 5.74) is 6.98. The van der Waals surface area contributed by atoms with Crippen LogP contribution >= 0.6 is 0 Å². The Morgan fingerprint density at radius 1 is 1.32 bits per heavy atom. The summed E-state index contributed by atoms with van der Waals surface area (Å²) in [7, 11) is 1.64. The molecule has 0 bridgehead atoms. The molecule has 0 aliphatic rings. The van der Waals surface area contributed by atoms with E-state index in [1.165, 1.54) is 0 Å². The molecule has 0 saturated heterocycles. The van der Waals surface area contributed by atoms with Gasteiger partial charge < -0.3 is 15.4 Å². The zero-order chi connectivity index (χ0) is 14.3. The Labute approximate surface area is 115 Å². The molecule has 0 aliphatic heterocycles. The highest BCUT2D eigenvalue weighted by Crippen LogP contribution is 2.13. The number of benzene rings is 1. The monoisotopic (exact) mass is 264 g/mol. The Morgan fingerprint density at radius 2 is 1.95 bits per heavy atom. The fraction of sp³-hybridized carbons (Fsp3) is 0.533. The topological polar surface area (TPSA) is 55.6 Å². The maximum Gasteiger partial charge on any atom is 0.239 e. The number of carbonyl (C=O) groups is 1. The molecule has 1 unspecified atom stereocenters. The number of rotatable bonds is 7. The van der Waals surface area contributed by atoms with Crippen LogP contribution < -0.4 is 10.5 Å². The van der Waals surface area contributed by atoms with Crippen LogP contribution in [-0.4, -0.2) is 30.5 Å². The summed E-state index contributed by atoms with van der Waals surface area (Å²) in [6.07, 6.45) is 1.66. The van der Waals surface area contributed by atoms with Gasteiger partial charge in [-0.05, 0) is 31.0 Å². The van der Waals surface area contributed by atoms with E-state index in [4.69, 9.17) is 10.5 Å². The van der Waals surface area contributed by atoms with E-state index in [1.54, 1.807) is 12.0 Å². The van der Waals surface area contributed by atoms with Crippen LogP contribution in [0.15, 0.2) is 24.3 Å². The summed E-state index contributed by atoms with van der Waals surface area (Å²) in [6.45, 7) is 5.27. The molecule has 2 N–H and O–H groups in total. The molecule has 1 aromatic carbocycles. The quantitative estimate of drug-likeness (QED) is 0.821. The molecule has 0 aliphatic carbocycles. The fourth-order valence-electron chi connectivity index (χ4n) is 1.97. The summed E-state index contributed by atoms with van der Waals surface area (Å²) in [6, 6.07) is 7.36. The van der Waals surface area contributed by atoms with E-state index in [2.05, 4.69) is 0 Å². The second kappa shape index (κ2) is 7.79. The molecule has 4 heteroatoms. The second-order valence-corrected chi connectivity index (χ2v) is 4.60. The van der Waals surface area contributed by atoms with Crippen LogP contribution in [0.4, 0.5) is 0 Å². The van der Waals surface area contributed by atoms with E-state index in [-0.39, 0.29) is 11.9 Å². The number of amides is 1. The highest BCUT2D eigenvalue weighted by molar-refractivity contribution is 5.81. The lowest BCUT2D eigenvalue weighted by Crippen LogP contribution is -2.43. The smallest absolute Gasteiger partial charge is 0.239 e. The van der Waals surface area contributed by atoms with Crippen LogP contribution in [0.2, 0.25) is 0 Å². The first-order valence-corrected chi connectivity index (χ1v) is 6.79. The van der Waals surface area contributed by atoms with E-state index < -0.39 is 0 Å². The number of hydrogen-bond donors (Lipinski definition) is 1. The molecule has 0 fully saturated rings. The van der Waals surface area contributed by atoms with Gasteiger partial charge in [0.15, 0.2) is 0 Å². The van der Waals surface area contributed by atoms with Crippen molar-refractivity contribution in [3.63, 3.8) is 0 Å². The van der Waals surface area contributed by atoms with Crippen LogP contribution in [0.1, 0.15) is 32.3 Å². The number of nitrogens with zero attached hydrogens (tertiary/aromatic N) is 1. The van der Waals surface area contributed by atoms with Crippen LogP contribution in [0.5, 0.6) is 5.75 Å². The van der Waals surface area contributed by atoms with Gasteiger partial charge in [0.2, 0.25) is 5.91 Å². The molecular formula is C15H24N2O2. The molecule has 0 radical (unpaired) electrons. The van der Waals surface area contributed by atoms with Crippen molar-refractivity contribution in [1.29, 1.82) is 0 Å². The maximum atomic E-state index is 12.2. The standard InChI is InChI=1S/C15H24N2O2/c1-4-6-14(16)15(18)17(5-2)11-12-7-9-13(19-3)10-8-12/h7-10,14H,4-6,11,16H2,1-3H3. The SMILES string of the molecule is CCCC(N)C(=O)N(CC)Cc1ccc(OC)cc1. The highest BCUT2D eigenvalue weighted by atomic mass is 16.5. The van der Waals surface area contributed by atoms with Crippen LogP contribution in [0.25, 0.3) is 0 Å². The molecule has 1 atom stereocenters. The summed E-state index contributed by atoms with van der Waals surface area (Å²) >= 11 is 0. The molecular weight excluding hydrogens is 240 g/mol. The van der Waals surface area contributed by atoms with Gasteiger partial charge >= 0.3 is 0 Å². The Bertz CT molecular complexity index is 390. The third-order valence-electron chi connectivity index (χ3n) is 3.14. The summed E-state index contributed by atoms with van der Waals surface area (Å²) in [5, 5.41) is 0. The predicted molar refractivity (Wildman–Crippen MR) is 77.0 cm³/mol. The van der Waals surface area contributed by atoms with Crippen LogP contribution in [0.3, 0.4) is 0 Å². The zero-order valence-corrected chi connectivity index (χ0v) is 12.1. The van der Waals surface area contributed by atoms with Gasteiger partial charge in [-0.1, -0.05) is 25.5 Å². The largest absolute Gasteiger partial charge is 0.497 e. The predicted octanol–water partition coefficient (Wildman–Crippen LogP) is 2.17. The molecule has 0 heterocycles. The number of methoxy groups -OCH3 is 1. The van der Waals surface area contributed by atoms with Gasteiger partial charge in [0.05, 0.1) is 13.2 Å². The molecule has 19 heavy (non-hydrogen) atoms. The Morgan fingerprint density at radius 3 is 2.42 bits per heavy atom. The zero-order valence-electron chi connectivity index (χ0n) is 12.1. The van der Waals surface area contributed by atoms with Gasteiger partial charge in [-0.3, -0.25) is 4.79 Å². The first-order valence-electron chi connectivity index (χ1n) is 6.79. The molecule has 0 saturated carbocycles. The van der Waals surface area contributed by atoms with Gasteiger partial charge in [0.1, 0.15) is 5.75 Å². The minimum absolute atomic E-state index is 0.0279. The molecule has 1 amide bonds.